The van der Waals surface area contributed by atoms with Crippen LogP contribution in [0.3, 0.4) is 0 Å². The number of rotatable bonds is 5. The molecule has 0 rings (SSSR count). The van der Waals surface area contributed by atoms with Crippen molar-refractivity contribution in [2.75, 3.05) is 0 Å². The lowest BCUT2D eigenvalue weighted by atomic mass is 9.71. The van der Waals surface area contributed by atoms with Gasteiger partial charge in [0.05, 0.1) is 0 Å². The van der Waals surface area contributed by atoms with E-state index in [-0.39, 0.29) is 5.41 Å². The van der Waals surface area contributed by atoms with Gasteiger partial charge in [0.25, 0.3) is 0 Å². The van der Waals surface area contributed by atoms with Gasteiger partial charge in [0.2, 0.25) is 0 Å². The Kier molecular flexibility index (Phi) is 24.3. The molecule has 0 aliphatic carbocycles. The maximum absolute atomic E-state index is 3.82. The SMILES string of the molecule is C=C/C=C(\CC=C)C(C)(C)CC(C)(C)C.CC.CC.CCC. The summed E-state index contributed by atoms with van der Waals surface area (Å²) in [5.74, 6) is 0. The Bertz CT molecular complexity index is 258. The second-order valence-electron chi connectivity index (χ2n) is 6.75. The van der Waals surface area contributed by atoms with Crippen molar-refractivity contribution in [3.63, 3.8) is 0 Å². The zero-order valence-corrected chi connectivity index (χ0v) is 17.8. The van der Waals surface area contributed by atoms with E-state index >= 15 is 0 Å². The molecule has 134 valence electrons. The third-order valence-electron chi connectivity index (χ3n) is 2.52. The second-order valence-corrected chi connectivity index (χ2v) is 6.75. The first-order valence-corrected chi connectivity index (χ1v) is 9.07. The summed E-state index contributed by atoms with van der Waals surface area (Å²) in [6, 6.07) is 0. The Morgan fingerprint density at radius 1 is 0.864 bits per heavy atom. The molecule has 0 heterocycles. The second kappa shape index (κ2) is 18.3. The number of hydrogen-bond acceptors (Lipinski definition) is 0. The van der Waals surface area contributed by atoms with E-state index < -0.39 is 0 Å². The van der Waals surface area contributed by atoms with Crippen molar-refractivity contribution < 1.29 is 0 Å². The first kappa shape index (κ1) is 29.3. The van der Waals surface area contributed by atoms with Crippen molar-refractivity contribution >= 4 is 0 Å². The van der Waals surface area contributed by atoms with E-state index in [2.05, 4.69) is 67.7 Å². The lowest BCUT2D eigenvalue weighted by molar-refractivity contribution is 0.247. The predicted octanol–water partition coefficient (Wildman–Crippen LogP) is 8.61. The lowest BCUT2D eigenvalue weighted by Crippen LogP contribution is -2.22. The van der Waals surface area contributed by atoms with E-state index in [9.17, 15) is 0 Å². The maximum Gasteiger partial charge on any atom is -0.0133 e. The van der Waals surface area contributed by atoms with Crippen LogP contribution >= 0.6 is 0 Å². The first-order chi connectivity index (χ1) is 10.1. The van der Waals surface area contributed by atoms with Crippen LogP contribution in [0.25, 0.3) is 0 Å². The molecule has 0 aromatic heterocycles. The third kappa shape index (κ3) is 21.5. The number of allylic oxidation sites excluding steroid dienone is 4. The zero-order valence-electron chi connectivity index (χ0n) is 17.8. The van der Waals surface area contributed by atoms with E-state index in [0.717, 1.165) is 6.42 Å². The van der Waals surface area contributed by atoms with E-state index in [1.165, 1.54) is 18.4 Å². The summed E-state index contributed by atoms with van der Waals surface area (Å²) in [6.07, 6.45) is 9.36. The molecule has 0 aliphatic rings. The van der Waals surface area contributed by atoms with Gasteiger partial charge in [-0.3, -0.25) is 0 Å². The largest absolute Gasteiger partial charge is 0.103 e. The molecule has 0 saturated heterocycles. The van der Waals surface area contributed by atoms with Crippen LogP contribution in [0.15, 0.2) is 37.0 Å². The van der Waals surface area contributed by atoms with Gasteiger partial charge in [-0.05, 0) is 23.7 Å². The molecule has 0 spiro atoms. The summed E-state index contributed by atoms with van der Waals surface area (Å²) in [4.78, 5) is 0. The Morgan fingerprint density at radius 2 is 1.23 bits per heavy atom. The molecule has 0 radical (unpaired) electrons. The molecule has 22 heavy (non-hydrogen) atoms. The molecular formula is C22H46. The fourth-order valence-electron chi connectivity index (χ4n) is 2.31. The average molecular weight is 311 g/mol. The van der Waals surface area contributed by atoms with E-state index in [0.29, 0.717) is 5.41 Å². The van der Waals surface area contributed by atoms with Crippen molar-refractivity contribution in [2.24, 2.45) is 10.8 Å². The molecule has 0 N–H and O–H groups in total. The number of hydrogen-bond donors (Lipinski definition) is 0. The highest BCUT2D eigenvalue weighted by molar-refractivity contribution is 5.20. The van der Waals surface area contributed by atoms with E-state index in [1.807, 2.05) is 39.8 Å². The normalized spacial score (nSPS) is 10.8. The molecule has 0 aromatic rings. The summed E-state index contributed by atoms with van der Waals surface area (Å²) in [6.45, 7) is 31.3. The van der Waals surface area contributed by atoms with Crippen LogP contribution in [0.5, 0.6) is 0 Å². The standard InChI is InChI=1S/C15H26.C3H8.2C2H6/c1-8-10-13(11-9-2)15(6,7)12-14(3,4)5;1-3-2;2*1-2/h8-10H,1-2,11-12H2,3-7H3;3H2,1-2H3;2*1-2H3/b13-10+;;;. The van der Waals surface area contributed by atoms with Crippen molar-refractivity contribution in [3.05, 3.63) is 37.0 Å². The first-order valence-electron chi connectivity index (χ1n) is 9.07. The topological polar surface area (TPSA) is 0 Å². The van der Waals surface area contributed by atoms with E-state index in [4.69, 9.17) is 0 Å². The maximum atomic E-state index is 3.82. The predicted molar refractivity (Wildman–Crippen MR) is 110 cm³/mol. The van der Waals surface area contributed by atoms with Gasteiger partial charge >= 0.3 is 0 Å². The van der Waals surface area contributed by atoms with Gasteiger partial charge in [0.15, 0.2) is 0 Å². The highest BCUT2D eigenvalue weighted by Crippen LogP contribution is 2.40. The minimum Gasteiger partial charge on any atom is -0.103 e. The molecular weight excluding hydrogens is 264 g/mol. The van der Waals surface area contributed by atoms with Crippen molar-refractivity contribution in [1.82, 2.24) is 0 Å². The minimum absolute atomic E-state index is 0.223. The summed E-state index contributed by atoms with van der Waals surface area (Å²) in [7, 11) is 0. The molecule has 0 heteroatoms. The van der Waals surface area contributed by atoms with Crippen LogP contribution in [-0.2, 0) is 0 Å². The van der Waals surface area contributed by atoms with Crippen LogP contribution in [0.4, 0.5) is 0 Å². The molecule has 0 saturated carbocycles. The smallest absolute Gasteiger partial charge is 0.0133 e. The van der Waals surface area contributed by atoms with Crippen LogP contribution in [0.2, 0.25) is 0 Å². The highest BCUT2D eigenvalue weighted by Gasteiger charge is 2.27. The van der Waals surface area contributed by atoms with Gasteiger partial charge in [0, 0.05) is 0 Å². The van der Waals surface area contributed by atoms with Gasteiger partial charge < -0.3 is 0 Å². The summed E-state index contributed by atoms with van der Waals surface area (Å²) < 4.78 is 0. The third-order valence-corrected chi connectivity index (χ3v) is 2.52. The van der Waals surface area contributed by atoms with Crippen LogP contribution in [0.1, 0.15) is 95.4 Å². The van der Waals surface area contributed by atoms with Crippen molar-refractivity contribution in [1.29, 1.82) is 0 Å². The fourth-order valence-corrected chi connectivity index (χ4v) is 2.31. The summed E-state index contributed by atoms with van der Waals surface area (Å²) >= 11 is 0. The minimum atomic E-state index is 0.223. The Balaban J connectivity index is -0.000000198. The Labute approximate surface area is 143 Å². The molecule has 0 bridgehead atoms. The van der Waals surface area contributed by atoms with Crippen molar-refractivity contribution in [2.45, 2.75) is 95.4 Å². The highest BCUT2D eigenvalue weighted by atomic mass is 14.3. The van der Waals surface area contributed by atoms with Crippen LogP contribution < -0.4 is 0 Å². The summed E-state index contributed by atoms with van der Waals surface area (Å²) in [5.41, 5.74) is 1.99. The Hall–Kier alpha value is -0.780. The summed E-state index contributed by atoms with van der Waals surface area (Å²) in [5, 5.41) is 0. The van der Waals surface area contributed by atoms with Gasteiger partial charge in [-0.25, -0.2) is 0 Å². The van der Waals surface area contributed by atoms with Gasteiger partial charge in [-0.2, -0.15) is 0 Å². The lowest BCUT2D eigenvalue weighted by Gasteiger charge is -2.34. The van der Waals surface area contributed by atoms with Crippen molar-refractivity contribution in [3.8, 4) is 0 Å². The monoisotopic (exact) mass is 310 g/mol. The molecule has 0 atom stereocenters. The Morgan fingerprint density at radius 3 is 1.45 bits per heavy atom. The molecule has 0 aliphatic heterocycles. The molecule has 0 unspecified atom stereocenters. The van der Waals surface area contributed by atoms with Gasteiger partial charge in [-0.15, -0.1) is 6.58 Å². The van der Waals surface area contributed by atoms with E-state index in [1.54, 1.807) is 0 Å². The molecule has 0 amide bonds. The van der Waals surface area contributed by atoms with Gasteiger partial charge in [-0.1, -0.05) is 113 Å². The molecule has 0 aromatic carbocycles. The molecule has 0 fully saturated rings. The fraction of sp³-hybridized carbons (Fsp3) is 0.727. The van der Waals surface area contributed by atoms with Crippen LogP contribution in [0, 0.1) is 10.8 Å². The van der Waals surface area contributed by atoms with Crippen LogP contribution in [-0.4, -0.2) is 0 Å². The quantitative estimate of drug-likeness (QED) is 0.352. The molecule has 0 nitrogen and oxygen atoms in total. The zero-order chi connectivity index (χ0) is 18.8. The van der Waals surface area contributed by atoms with Gasteiger partial charge in [0.1, 0.15) is 0 Å². The average Bonchev–Trinajstić information content (AvgIpc) is 2.41.